The average molecular weight is 284 g/mol. The van der Waals surface area contributed by atoms with Crippen molar-refractivity contribution in [2.24, 2.45) is 0 Å². The Kier molecular flexibility index (Phi) is 6.01. The van der Waals surface area contributed by atoms with Crippen molar-refractivity contribution in [1.29, 1.82) is 0 Å². The molecule has 0 bridgehead atoms. The molecule has 2 amide bonds. The highest BCUT2D eigenvalue weighted by molar-refractivity contribution is 7.12. The van der Waals surface area contributed by atoms with Crippen molar-refractivity contribution in [3.63, 3.8) is 0 Å². The van der Waals surface area contributed by atoms with Crippen LogP contribution >= 0.6 is 11.3 Å². The number of carboxylic acids is 1. The molecule has 6 nitrogen and oxygen atoms in total. The van der Waals surface area contributed by atoms with Gasteiger partial charge in [-0.25, -0.2) is 4.79 Å². The van der Waals surface area contributed by atoms with E-state index in [0.717, 1.165) is 0 Å². The molecule has 0 saturated heterocycles. The first-order valence-electron chi connectivity index (χ1n) is 5.88. The first-order chi connectivity index (χ1) is 9.04. The molecule has 1 aromatic rings. The van der Waals surface area contributed by atoms with E-state index >= 15 is 0 Å². The Morgan fingerprint density at radius 1 is 1.42 bits per heavy atom. The van der Waals surface area contributed by atoms with E-state index < -0.39 is 12.0 Å². The van der Waals surface area contributed by atoms with Crippen molar-refractivity contribution in [2.75, 3.05) is 6.54 Å². The van der Waals surface area contributed by atoms with Gasteiger partial charge >= 0.3 is 5.97 Å². The largest absolute Gasteiger partial charge is 0.480 e. The molecule has 1 atom stereocenters. The van der Waals surface area contributed by atoms with E-state index in [1.807, 2.05) is 0 Å². The molecule has 1 heterocycles. The second-order valence-electron chi connectivity index (χ2n) is 3.85. The lowest BCUT2D eigenvalue weighted by Gasteiger charge is -2.12. The van der Waals surface area contributed by atoms with Gasteiger partial charge in [-0.05, 0) is 17.9 Å². The number of rotatable bonds is 7. The van der Waals surface area contributed by atoms with E-state index in [9.17, 15) is 14.4 Å². The lowest BCUT2D eigenvalue weighted by atomic mass is 10.2. The molecule has 0 fully saturated rings. The minimum absolute atomic E-state index is 0.0564. The third-order valence-corrected chi connectivity index (χ3v) is 3.29. The third kappa shape index (κ3) is 5.09. The minimum atomic E-state index is -1.06. The van der Waals surface area contributed by atoms with Crippen molar-refractivity contribution >= 4 is 29.1 Å². The molecule has 1 aromatic heterocycles. The average Bonchev–Trinajstić information content (AvgIpc) is 2.89. The Balaban J connectivity index is 2.27. The maximum atomic E-state index is 11.5. The van der Waals surface area contributed by atoms with Gasteiger partial charge in [0.15, 0.2) is 0 Å². The highest BCUT2D eigenvalue weighted by Crippen LogP contribution is 2.07. The van der Waals surface area contributed by atoms with Crippen LogP contribution in [0.3, 0.4) is 0 Å². The molecule has 7 heteroatoms. The number of carbonyl (C=O) groups is 3. The van der Waals surface area contributed by atoms with Gasteiger partial charge in [0.05, 0.1) is 4.88 Å². The lowest BCUT2D eigenvalue weighted by molar-refractivity contribution is -0.141. The summed E-state index contributed by atoms with van der Waals surface area (Å²) in [4.78, 5) is 34.3. The number of hydrogen-bond acceptors (Lipinski definition) is 4. The summed E-state index contributed by atoms with van der Waals surface area (Å²) in [6.45, 7) is 1.86. The highest BCUT2D eigenvalue weighted by atomic mass is 32.1. The SMILES string of the molecule is CC[C@@H](NC(=O)CCNC(=O)c1cccs1)C(=O)O. The topological polar surface area (TPSA) is 95.5 Å². The first kappa shape index (κ1) is 15.2. The van der Waals surface area contributed by atoms with Crippen molar-refractivity contribution < 1.29 is 19.5 Å². The molecule has 1 rings (SSSR count). The zero-order chi connectivity index (χ0) is 14.3. The molecule has 0 spiro atoms. The van der Waals surface area contributed by atoms with Gasteiger partial charge < -0.3 is 15.7 Å². The van der Waals surface area contributed by atoms with Crippen molar-refractivity contribution in [3.8, 4) is 0 Å². The molecule has 0 aliphatic heterocycles. The summed E-state index contributed by atoms with van der Waals surface area (Å²) in [5.74, 6) is -1.67. The molecular formula is C12H16N2O4S. The van der Waals surface area contributed by atoms with Crippen LogP contribution in [0, 0.1) is 0 Å². The van der Waals surface area contributed by atoms with Crippen LogP contribution < -0.4 is 10.6 Å². The number of carboxylic acid groups (broad SMARTS) is 1. The number of aliphatic carboxylic acids is 1. The Morgan fingerprint density at radius 3 is 2.68 bits per heavy atom. The normalized spacial score (nSPS) is 11.6. The summed E-state index contributed by atoms with van der Waals surface area (Å²) in [5, 5.41) is 15.6. The van der Waals surface area contributed by atoms with Gasteiger partial charge in [-0.1, -0.05) is 13.0 Å². The molecule has 19 heavy (non-hydrogen) atoms. The maximum absolute atomic E-state index is 11.5. The summed E-state index contributed by atoms with van der Waals surface area (Å²) < 4.78 is 0. The Bertz CT molecular complexity index is 445. The fourth-order valence-electron chi connectivity index (χ4n) is 1.39. The maximum Gasteiger partial charge on any atom is 0.326 e. The first-order valence-corrected chi connectivity index (χ1v) is 6.76. The highest BCUT2D eigenvalue weighted by Gasteiger charge is 2.17. The van der Waals surface area contributed by atoms with E-state index in [4.69, 9.17) is 5.11 Å². The molecule has 0 aliphatic carbocycles. The van der Waals surface area contributed by atoms with Crippen LogP contribution in [0.15, 0.2) is 17.5 Å². The van der Waals surface area contributed by atoms with Crippen LogP contribution in [0.2, 0.25) is 0 Å². The number of carbonyl (C=O) groups excluding carboxylic acids is 2. The smallest absolute Gasteiger partial charge is 0.326 e. The Hall–Kier alpha value is -1.89. The predicted molar refractivity (Wildman–Crippen MR) is 71.1 cm³/mol. The van der Waals surface area contributed by atoms with Gasteiger partial charge in [-0.2, -0.15) is 0 Å². The van der Waals surface area contributed by atoms with Crippen LogP contribution in [0.1, 0.15) is 29.4 Å². The quantitative estimate of drug-likeness (QED) is 0.691. The minimum Gasteiger partial charge on any atom is -0.480 e. The molecular weight excluding hydrogens is 268 g/mol. The van der Waals surface area contributed by atoms with Gasteiger partial charge in [0.2, 0.25) is 5.91 Å². The van der Waals surface area contributed by atoms with Crippen LogP contribution in [0.25, 0.3) is 0 Å². The van der Waals surface area contributed by atoms with Crippen molar-refractivity contribution in [1.82, 2.24) is 10.6 Å². The zero-order valence-corrected chi connectivity index (χ0v) is 11.3. The molecule has 3 N–H and O–H groups in total. The molecule has 0 aromatic carbocycles. The Morgan fingerprint density at radius 2 is 2.16 bits per heavy atom. The molecule has 104 valence electrons. The number of nitrogens with one attached hydrogen (secondary N) is 2. The van der Waals surface area contributed by atoms with Gasteiger partial charge in [-0.3, -0.25) is 9.59 Å². The van der Waals surface area contributed by atoms with Crippen molar-refractivity contribution in [2.45, 2.75) is 25.8 Å². The summed E-state index contributed by atoms with van der Waals surface area (Å²) in [5.41, 5.74) is 0. The summed E-state index contributed by atoms with van der Waals surface area (Å²) >= 11 is 1.32. The number of thiophene rings is 1. The van der Waals surface area contributed by atoms with Crippen LogP contribution in [-0.2, 0) is 9.59 Å². The van der Waals surface area contributed by atoms with E-state index in [0.29, 0.717) is 11.3 Å². The summed E-state index contributed by atoms with van der Waals surface area (Å²) in [6, 6.07) is 2.59. The van der Waals surface area contributed by atoms with Crippen LogP contribution in [-0.4, -0.2) is 35.5 Å². The standard InChI is InChI=1S/C12H16N2O4S/c1-2-8(12(17)18)14-10(15)5-6-13-11(16)9-4-3-7-19-9/h3-4,7-8H,2,5-6H2,1H3,(H,13,16)(H,14,15)(H,17,18)/t8-/m1/s1. The van der Waals surface area contributed by atoms with Crippen molar-refractivity contribution in [3.05, 3.63) is 22.4 Å². The van der Waals surface area contributed by atoms with Crippen LogP contribution in [0.4, 0.5) is 0 Å². The number of hydrogen-bond donors (Lipinski definition) is 3. The predicted octanol–water partition coefficient (Wildman–Crippen LogP) is 0.847. The second kappa shape index (κ2) is 7.52. The third-order valence-electron chi connectivity index (χ3n) is 2.42. The van der Waals surface area contributed by atoms with Gasteiger partial charge in [0.1, 0.15) is 6.04 Å². The van der Waals surface area contributed by atoms with Gasteiger partial charge in [0, 0.05) is 13.0 Å². The number of amides is 2. The zero-order valence-electron chi connectivity index (χ0n) is 10.5. The Labute approximate surface area is 114 Å². The van der Waals surface area contributed by atoms with Crippen LogP contribution in [0.5, 0.6) is 0 Å². The second-order valence-corrected chi connectivity index (χ2v) is 4.80. The van der Waals surface area contributed by atoms with Gasteiger partial charge in [0.25, 0.3) is 5.91 Å². The molecule has 0 unspecified atom stereocenters. The van der Waals surface area contributed by atoms with E-state index in [1.54, 1.807) is 24.4 Å². The van der Waals surface area contributed by atoms with E-state index in [2.05, 4.69) is 10.6 Å². The van der Waals surface area contributed by atoms with E-state index in [1.165, 1.54) is 11.3 Å². The molecule has 0 aliphatic rings. The summed E-state index contributed by atoms with van der Waals surface area (Å²) in [6.07, 6.45) is 0.378. The van der Waals surface area contributed by atoms with Gasteiger partial charge in [-0.15, -0.1) is 11.3 Å². The summed E-state index contributed by atoms with van der Waals surface area (Å²) in [7, 11) is 0. The monoisotopic (exact) mass is 284 g/mol. The molecule has 0 saturated carbocycles. The molecule has 0 radical (unpaired) electrons. The fourth-order valence-corrected chi connectivity index (χ4v) is 2.03. The lowest BCUT2D eigenvalue weighted by Crippen LogP contribution is -2.41. The fraction of sp³-hybridized carbons (Fsp3) is 0.417. The van der Waals surface area contributed by atoms with E-state index in [-0.39, 0.29) is 24.8 Å².